The van der Waals surface area contributed by atoms with Gasteiger partial charge in [-0.25, -0.2) is 0 Å². The summed E-state index contributed by atoms with van der Waals surface area (Å²) in [6.07, 6.45) is 0.724. The van der Waals surface area contributed by atoms with Crippen LogP contribution in [-0.4, -0.2) is 5.78 Å². The van der Waals surface area contributed by atoms with Crippen molar-refractivity contribution >= 4 is 21.7 Å². The fourth-order valence-electron chi connectivity index (χ4n) is 2.08. The van der Waals surface area contributed by atoms with Crippen molar-refractivity contribution in [3.8, 4) is 6.07 Å². The largest absolute Gasteiger partial charge is 0.300 e. The van der Waals surface area contributed by atoms with Gasteiger partial charge in [-0.3, -0.25) is 4.79 Å². The van der Waals surface area contributed by atoms with Crippen molar-refractivity contribution in [1.82, 2.24) is 0 Å². The summed E-state index contributed by atoms with van der Waals surface area (Å²) in [5, 5.41) is 9.21. The number of nitriles is 1. The Hall–Kier alpha value is -1.14. The third kappa shape index (κ3) is 1.49. The molecule has 0 aromatic heterocycles. The molecule has 0 spiro atoms. The maximum atomic E-state index is 11.1. The summed E-state index contributed by atoms with van der Waals surface area (Å²) in [7, 11) is 0. The van der Waals surface area contributed by atoms with Crippen molar-refractivity contribution in [1.29, 1.82) is 5.26 Å². The Labute approximate surface area is 97.0 Å². The van der Waals surface area contributed by atoms with Crippen LogP contribution >= 0.6 is 15.9 Å². The maximum absolute atomic E-state index is 11.1. The zero-order chi connectivity index (χ0) is 11.1. The summed E-state index contributed by atoms with van der Waals surface area (Å²) in [5.74, 6) is 0.177. The summed E-state index contributed by atoms with van der Waals surface area (Å²) >= 11 is 3.44. The van der Waals surface area contributed by atoms with Gasteiger partial charge in [0.1, 0.15) is 5.78 Å². The highest BCUT2D eigenvalue weighted by atomic mass is 79.9. The van der Waals surface area contributed by atoms with Gasteiger partial charge in [-0.05, 0) is 24.1 Å². The van der Waals surface area contributed by atoms with Gasteiger partial charge < -0.3 is 0 Å². The molecule has 2 rings (SSSR count). The molecular weight excluding hydrogens is 254 g/mol. The third-order valence-corrected chi connectivity index (χ3v) is 3.85. The van der Waals surface area contributed by atoms with Crippen LogP contribution in [0.1, 0.15) is 24.0 Å². The molecule has 3 heteroatoms. The number of nitrogens with zero attached hydrogens (tertiary/aromatic N) is 1. The molecule has 76 valence electrons. The van der Waals surface area contributed by atoms with Gasteiger partial charge in [-0.1, -0.05) is 28.1 Å². The zero-order valence-corrected chi connectivity index (χ0v) is 9.97. The van der Waals surface area contributed by atoms with Gasteiger partial charge in [0, 0.05) is 17.3 Å². The number of Topliss-reactive ketones (excluding diaryl/α,β-unsaturated/α-hetero) is 1. The molecule has 1 aliphatic carbocycles. The van der Waals surface area contributed by atoms with Crippen molar-refractivity contribution < 1.29 is 4.79 Å². The SMILES string of the molecule is Cc1c(Br)cccc1C1(C#N)CC(=O)C1. The lowest BCUT2D eigenvalue weighted by Crippen LogP contribution is -2.40. The van der Waals surface area contributed by atoms with E-state index in [2.05, 4.69) is 22.0 Å². The van der Waals surface area contributed by atoms with E-state index in [4.69, 9.17) is 0 Å². The van der Waals surface area contributed by atoms with E-state index in [1.54, 1.807) is 0 Å². The molecule has 0 N–H and O–H groups in total. The monoisotopic (exact) mass is 263 g/mol. The average Bonchev–Trinajstić information content (AvgIpc) is 2.17. The molecule has 1 fully saturated rings. The number of carbonyl (C=O) groups excluding carboxylic acids is 1. The highest BCUT2D eigenvalue weighted by molar-refractivity contribution is 9.10. The van der Waals surface area contributed by atoms with Crippen molar-refractivity contribution in [2.45, 2.75) is 25.2 Å². The number of hydrogen-bond donors (Lipinski definition) is 0. The number of ketones is 1. The minimum atomic E-state index is -0.565. The lowest BCUT2D eigenvalue weighted by molar-refractivity contribution is -0.126. The Balaban J connectivity index is 2.50. The highest BCUT2D eigenvalue weighted by Crippen LogP contribution is 2.43. The molecule has 0 saturated heterocycles. The van der Waals surface area contributed by atoms with E-state index < -0.39 is 5.41 Å². The fourth-order valence-corrected chi connectivity index (χ4v) is 2.44. The first kappa shape index (κ1) is 10.4. The molecule has 2 nitrogen and oxygen atoms in total. The van der Waals surface area contributed by atoms with Crippen LogP contribution in [-0.2, 0) is 10.2 Å². The minimum absolute atomic E-state index is 0.177. The van der Waals surface area contributed by atoms with Gasteiger partial charge in [-0.2, -0.15) is 5.26 Å². The van der Waals surface area contributed by atoms with E-state index >= 15 is 0 Å². The first-order valence-corrected chi connectivity index (χ1v) is 5.57. The molecule has 0 bridgehead atoms. The Morgan fingerprint density at radius 1 is 1.47 bits per heavy atom. The van der Waals surface area contributed by atoms with Gasteiger partial charge in [0.05, 0.1) is 11.5 Å². The molecule has 0 unspecified atom stereocenters. The standard InChI is InChI=1S/C12H10BrNO/c1-8-10(3-2-4-11(8)13)12(7-14)5-9(15)6-12/h2-4H,5-6H2,1H3. The van der Waals surface area contributed by atoms with Crippen LogP contribution in [0, 0.1) is 18.3 Å². The molecular formula is C12H10BrNO. The topological polar surface area (TPSA) is 40.9 Å². The van der Waals surface area contributed by atoms with E-state index in [0.717, 1.165) is 15.6 Å². The molecule has 15 heavy (non-hydrogen) atoms. The number of carbonyl (C=O) groups is 1. The van der Waals surface area contributed by atoms with Crippen LogP contribution in [0.4, 0.5) is 0 Å². The molecule has 0 radical (unpaired) electrons. The molecule has 0 heterocycles. The van der Waals surface area contributed by atoms with Crippen LogP contribution in [0.5, 0.6) is 0 Å². The highest BCUT2D eigenvalue weighted by Gasteiger charge is 2.46. The summed E-state index contributed by atoms with van der Waals surface area (Å²) in [6.45, 7) is 1.97. The lowest BCUT2D eigenvalue weighted by atomic mass is 9.64. The zero-order valence-electron chi connectivity index (χ0n) is 8.38. The van der Waals surface area contributed by atoms with Crippen molar-refractivity contribution in [2.24, 2.45) is 0 Å². The van der Waals surface area contributed by atoms with Crippen LogP contribution in [0.15, 0.2) is 22.7 Å². The van der Waals surface area contributed by atoms with Crippen LogP contribution in [0.25, 0.3) is 0 Å². The summed E-state index contributed by atoms with van der Waals surface area (Å²) in [5.41, 5.74) is 1.48. The fraction of sp³-hybridized carbons (Fsp3) is 0.333. The van der Waals surface area contributed by atoms with Crippen LogP contribution < -0.4 is 0 Å². The van der Waals surface area contributed by atoms with E-state index in [9.17, 15) is 10.1 Å². The Kier molecular flexibility index (Phi) is 2.40. The molecule has 1 aliphatic rings. The van der Waals surface area contributed by atoms with Gasteiger partial charge >= 0.3 is 0 Å². The minimum Gasteiger partial charge on any atom is -0.300 e. The van der Waals surface area contributed by atoms with Gasteiger partial charge in [0.15, 0.2) is 0 Å². The number of hydrogen-bond acceptors (Lipinski definition) is 2. The van der Waals surface area contributed by atoms with Crippen molar-refractivity contribution in [2.75, 3.05) is 0 Å². The van der Waals surface area contributed by atoms with E-state index in [0.29, 0.717) is 12.8 Å². The smallest absolute Gasteiger partial charge is 0.136 e. The number of rotatable bonds is 1. The molecule has 1 saturated carbocycles. The first-order chi connectivity index (χ1) is 7.09. The van der Waals surface area contributed by atoms with Gasteiger partial charge in [0.25, 0.3) is 0 Å². The molecule has 1 aromatic carbocycles. The van der Waals surface area contributed by atoms with Crippen LogP contribution in [0.2, 0.25) is 0 Å². The second-order valence-corrected chi connectivity index (χ2v) is 4.85. The number of benzene rings is 1. The van der Waals surface area contributed by atoms with E-state index in [-0.39, 0.29) is 5.78 Å². The Morgan fingerprint density at radius 3 is 2.67 bits per heavy atom. The lowest BCUT2D eigenvalue weighted by Gasteiger charge is -2.35. The van der Waals surface area contributed by atoms with Crippen molar-refractivity contribution in [3.05, 3.63) is 33.8 Å². The second kappa shape index (κ2) is 3.46. The predicted molar refractivity (Wildman–Crippen MR) is 60.4 cm³/mol. The summed E-state index contributed by atoms with van der Waals surface area (Å²) in [6, 6.07) is 8.09. The maximum Gasteiger partial charge on any atom is 0.136 e. The van der Waals surface area contributed by atoms with E-state index in [1.165, 1.54) is 0 Å². The van der Waals surface area contributed by atoms with E-state index in [1.807, 2.05) is 25.1 Å². The second-order valence-electron chi connectivity index (χ2n) is 4.00. The molecule has 0 atom stereocenters. The van der Waals surface area contributed by atoms with Crippen LogP contribution in [0.3, 0.4) is 0 Å². The summed E-state index contributed by atoms with van der Waals surface area (Å²) < 4.78 is 0.994. The molecule has 0 amide bonds. The Morgan fingerprint density at radius 2 is 2.13 bits per heavy atom. The van der Waals surface area contributed by atoms with Gasteiger partial charge in [-0.15, -0.1) is 0 Å². The summed E-state index contributed by atoms with van der Waals surface area (Å²) in [4.78, 5) is 11.1. The van der Waals surface area contributed by atoms with Gasteiger partial charge in [0.2, 0.25) is 0 Å². The number of halogens is 1. The first-order valence-electron chi connectivity index (χ1n) is 4.77. The quantitative estimate of drug-likeness (QED) is 0.782. The van der Waals surface area contributed by atoms with Crippen molar-refractivity contribution in [3.63, 3.8) is 0 Å². The third-order valence-electron chi connectivity index (χ3n) is 3.00. The molecule has 1 aromatic rings. The average molecular weight is 264 g/mol. The normalized spacial score (nSPS) is 18.1. The predicted octanol–water partition coefficient (Wildman–Crippen LogP) is 2.88. The molecule has 0 aliphatic heterocycles. The Bertz CT molecular complexity index is 465.